The largest absolute Gasteiger partial charge is 0.342 e. The highest BCUT2D eigenvalue weighted by Gasteiger charge is 2.24. The van der Waals surface area contributed by atoms with Crippen molar-refractivity contribution in [2.24, 2.45) is 0 Å². The van der Waals surface area contributed by atoms with Crippen molar-refractivity contribution in [3.05, 3.63) is 31.6 Å². The average molecular weight is 153 g/mol. The Morgan fingerprint density at radius 3 is 2.91 bits per heavy atom. The molecule has 11 heavy (non-hydrogen) atoms. The highest BCUT2D eigenvalue weighted by Crippen LogP contribution is 2.23. The van der Waals surface area contributed by atoms with Gasteiger partial charge in [-0.25, -0.2) is 0 Å². The van der Waals surface area contributed by atoms with Crippen molar-refractivity contribution in [2.75, 3.05) is 6.61 Å². The fraction of sp³-hybridized carbons (Fsp3) is 0.444. The molecule has 0 aliphatic carbocycles. The molecule has 1 radical (unpaired) electrons. The van der Waals surface area contributed by atoms with Crippen LogP contribution >= 0.6 is 0 Å². The van der Waals surface area contributed by atoms with Gasteiger partial charge < -0.3 is 9.47 Å². The molecule has 1 heterocycles. The molecule has 0 aromatic heterocycles. The molecule has 2 nitrogen and oxygen atoms in total. The summed E-state index contributed by atoms with van der Waals surface area (Å²) in [5.41, 5.74) is 0. The Bertz CT molecular complexity index is 126. The molecule has 1 aliphatic rings. The molecule has 1 rings (SSSR count). The van der Waals surface area contributed by atoms with Crippen LogP contribution in [0.2, 0.25) is 0 Å². The first kappa shape index (κ1) is 8.50. The van der Waals surface area contributed by atoms with Crippen LogP contribution in [0.1, 0.15) is 12.8 Å². The first-order valence-corrected chi connectivity index (χ1v) is 3.74. The maximum absolute atomic E-state index is 5.39. The van der Waals surface area contributed by atoms with Crippen LogP contribution in [0.4, 0.5) is 0 Å². The van der Waals surface area contributed by atoms with E-state index in [1.165, 1.54) is 0 Å². The van der Waals surface area contributed by atoms with E-state index in [4.69, 9.17) is 9.47 Å². The Labute approximate surface area is 67.5 Å². The van der Waals surface area contributed by atoms with Crippen molar-refractivity contribution >= 4 is 0 Å². The van der Waals surface area contributed by atoms with E-state index < -0.39 is 0 Å². The van der Waals surface area contributed by atoms with Crippen LogP contribution < -0.4 is 0 Å². The topological polar surface area (TPSA) is 18.5 Å². The van der Waals surface area contributed by atoms with Gasteiger partial charge in [0.1, 0.15) is 0 Å². The molecule has 0 bridgehead atoms. The fourth-order valence-electron chi connectivity index (χ4n) is 0.967. The van der Waals surface area contributed by atoms with Gasteiger partial charge in [0.05, 0.1) is 12.7 Å². The molecular formula is C9H13O2. The van der Waals surface area contributed by atoms with Crippen molar-refractivity contribution < 1.29 is 9.47 Å². The Kier molecular flexibility index (Phi) is 3.33. The zero-order valence-electron chi connectivity index (χ0n) is 6.58. The van der Waals surface area contributed by atoms with Gasteiger partial charge in [-0.3, -0.25) is 0 Å². The van der Waals surface area contributed by atoms with E-state index in [-0.39, 0.29) is 6.10 Å². The molecule has 61 valence electrons. The highest BCUT2D eigenvalue weighted by molar-refractivity contribution is 4.87. The number of hydrogen-bond acceptors (Lipinski definition) is 2. The molecule has 1 atom stereocenters. The van der Waals surface area contributed by atoms with Gasteiger partial charge in [-0.1, -0.05) is 12.2 Å². The Morgan fingerprint density at radius 1 is 1.45 bits per heavy atom. The lowest BCUT2D eigenvalue weighted by molar-refractivity contribution is 0.0527. The van der Waals surface area contributed by atoms with Crippen molar-refractivity contribution in [2.45, 2.75) is 18.9 Å². The molecule has 0 aromatic rings. The lowest BCUT2D eigenvalue weighted by atomic mass is 10.3. The van der Waals surface area contributed by atoms with Crippen molar-refractivity contribution in [1.29, 1.82) is 0 Å². The van der Waals surface area contributed by atoms with E-state index in [2.05, 4.69) is 13.2 Å². The maximum atomic E-state index is 5.39. The highest BCUT2D eigenvalue weighted by atomic mass is 16.7. The van der Waals surface area contributed by atoms with E-state index in [1.807, 2.05) is 6.08 Å². The Morgan fingerprint density at radius 2 is 2.27 bits per heavy atom. The third-order valence-electron chi connectivity index (χ3n) is 1.47. The molecule has 0 spiro atoms. The summed E-state index contributed by atoms with van der Waals surface area (Å²) in [7, 11) is 0. The predicted octanol–water partition coefficient (Wildman–Crippen LogP) is 2.04. The van der Waals surface area contributed by atoms with Crippen molar-refractivity contribution in [3.63, 3.8) is 0 Å². The number of rotatable bonds is 4. The quantitative estimate of drug-likeness (QED) is 0.575. The summed E-state index contributed by atoms with van der Waals surface area (Å²) < 4.78 is 10.6. The van der Waals surface area contributed by atoms with Gasteiger partial charge >= 0.3 is 0 Å². The Balaban J connectivity index is 2.22. The maximum Gasteiger partial charge on any atom is 0.228 e. The first-order valence-electron chi connectivity index (χ1n) is 3.74. The zero-order valence-corrected chi connectivity index (χ0v) is 6.58. The van der Waals surface area contributed by atoms with Crippen LogP contribution in [0.3, 0.4) is 0 Å². The minimum absolute atomic E-state index is 0.169. The average Bonchev–Trinajstić information content (AvgIpc) is 2.38. The van der Waals surface area contributed by atoms with Crippen molar-refractivity contribution in [3.8, 4) is 0 Å². The lowest BCUT2D eigenvalue weighted by Gasteiger charge is -2.04. The summed E-state index contributed by atoms with van der Waals surface area (Å²) in [6.45, 7) is 7.87. The summed E-state index contributed by atoms with van der Waals surface area (Å²) >= 11 is 0. The van der Waals surface area contributed by atoms with Gasteiger partial charge in [-0.2, -0.15) is 0 Å². The van der Waals surface area contributed by atoms with Gasteiger partial charge in [0, 0.05) is 6.42 Å². The van der Waals surface area contributed by atoms with E-state index >= 15 is 0 Å². The predicted molar refractivity (Wildman–Crippen MR) is 43.7 cm³/mol. The van der Waals surface area contributed by atoms with Crippen LogP contribution in [-0.2, 0) is 9.47 Å². The fourth-order valence-corrected chi connectivity index (χ4v) is 0.967. The summed E-state index contributed by atoms with van der Waals surface area (Å²) in [5, 5.41) is 0. The molecular weight excluding hydrogens is 140 g/mol. The van der Waals surface area contributed by atoms with Crippen molar-refractivity contribution in [1.82, 2.24) is 0 Å². The van der Waals surface area contributed by atoms with E-state index in [1.54, 1.807) is 6.08 Å². The van der Waals surface area contributed by atoms with Gasteiger partial charge in [0.25, 0.3) is 0 Å². The first-order chi connectivity index (χ1) is 5.36. The smallest absolute Gasteiger partial charge is 0.228 e. The van der Waals surface area contributed by atoms with E-state index in [0.29, 0.717) is 19.3 Å². The second-order valence-corrected chi connectivity index (χ2v) is 2.44. The molecule has 0 aromatic carbocycles. The minimum Gasteiger partial charge on any atom is -0.342 e. The third-order valence-corrected chi connectivity index (χ3v) is 1.47. The Hall–Kier alpha value is -0.600. The minimum atomic E-state index is 0.169. The van der Waals surface area contributed by atoms with Gasteiger partial charge in [0.2, 0.25) is 6.29 Å². The second-order valence-electron chi connectivity index (χ2n) is 2.44. The summed E-state index contributed by atoms with van der Waals surface area (Å²) in [4.78, 5) is 0. The number of ether oxygens (including phenoxy) is 2. The van der Waals surface area contributed by atoms with Gasteiger partial charge in [-0.05, 0) is 6.42 Å². The molecule has 1 fully saturated rings. The summed E-state index contributed by atoms with van der Waals surface area (Å²) in [6, 6.07) is 0. The van der Waals surface area contributed by atoms with E-state index in [9.17, 15) is 0 Å². The SMILES string of the molecule is C=CC[C]1OCC(CC=C)O1. The summed E-state index contributed by atoms with van der Waals surface area (Å²) in [6.07, 6.45) is 6.00. The van der Waals surface area contributed by atoms with Crippen LogP contribution in [0.25, 0.3) is 0 Å². The van der Waals surface area contributed by atoms with E-state index in [0.717, 1.165) is 6.42 Å². The summed E-state index contributed by atoms with van der Waals surface area (Å²) in [5.74, 6) is 0. The van der Waals surface area contributed by atoms with Crippen LogP contribution in [0.15, 0.2) is 25.3 Å². The second kappa shape index (κ2) is 4.31. The third kappa shape index (κ3) is 2.48. The lowest BCUT2D eigenvalue weighted by Crippen LogP contribution is -2.07. The van der Waals surface area contributed by atoms with Crippen LogP contribution in [-0.4, -0.2) is 12.7 Å². The van der Waals surface area contributed by atoms with Crippen LogP contribution in [0.5, 0.6) is 0 Å². The number of hydrogen-bond donors (Lipinski definition) is 0. The standard InChI is InChI=1S/C9H13O2/c1-3-5-8-7-10-9(11-8)6-4-2/h3-4,8H,1-2,5-7H2. The molecule has 2 heteroatoms. The molecule has 0 N–H and O–H groups in total. The molecule has 1 saturated heterocycles. The molecule has 0 saturated carbocycles. The van der Waals surface area contributed by atoms with Crippen LogP contribution in [0, 0.1) is 6.29 Å². The molecule has 1 unspecified atom stereocenters. The molecule has 0 amide bonds. The van der Waals surface area contributed by atoms with Gasteiger partial charge in [-0.15, -0.1) is 13.2 Å². The zero-order chi connectivity index (χ0) is 8.10. The monoisotopic (exact) mass is 153 g/mol. The van der Waals surface area contributed by atoms with Gasteiger partial charge in [0.15, 0.2) is 0 Å². The molecule has 1 aliphatic heterocycles. The normalized spacial score (nSPS) is 25.3.